The maximum atomic E-state index is 10.8. The fraction of sp³-hybridized carbons (Fsp3) is 0.250. The fourth-order valence-corrected chi connectivity index (χ4v) is 2.48. The number of hydrogen-bond acceptors (Lipinski definition) is 4. The van der Waals surface area contributed by atoms with Crippen molar-refractivity contribution >= 4 is 12.1 Å². The smallest absolute Gasteiger partial charge is 0.150 e. The molecule has 102 valence electrons. The highest BCUT2D eigenvalue weighted by molar-refractivity contribution is 5.78. The Labute approximate surface area is 117 Å². The molecule has 0 radical (unpaired) electrons. The molecule has 3 rings (SSSR count). The van der Waals surface area contributed by atoms with E-state index in [0.29, 0.717) is 12.1 Å². The van der Waals surface area contributed by atoms with Crippen LogP contribution < -0.4 is 4.90 Å². The highest BCUT2D eigenvalue weighted by Crippen LogP contribution is 2.23. The van der Waals surface area contributed by atoms with Gasteiger partial charge in [0.2, 0.25) is 0 Å². The Hall–Kier alpha value is -2.20. The highest BCUT2D eigenvalue weighted by Gasteiger charge is 2.21. The number of pyridine rings is 1. The van der Waals surface area contributed by atoms with E-state index in [4.69, 9.17) is 0 Å². The van der Waals surface area contributed by atoms with E-state index in [1.165, 1.54) is 0 Å². The second kappa shape index (κ2) is 5.43. The first-order chi connectivity index (χ1) is 9.76. The van der Waals surface area contributed by atoms with Crippen LogP contribution in [0.5, 0.6) is 0 Å². The molecule has 2 aromatic rings. The van der Waals surface area contributed by atoms with Crippen LogP contribution in [0.3, 0.4) is 0 Å². The molecule has 20 heavy (non-hydrogen) atoms. The van der Waals surface area contributed by atoms with E-state index in [-0.39, 0.29) is 6.10 Å². The third-order valence-corrected chi connectivity index (χ3v) is 3.54. The number of carbonyl (C=O) groups excluding carboxylic acids is 1. The summed E-state index contributed by atoms with van der Waals surface area (Å²) < 4.78 is 0. The SMILES string of the molecule is O=Cc1cccc(-c2cccc(N3CCC(O)C3)n2)c1. The second-order valence-corrected chi connectivity index (χ2v) is 5.01. The lowest BCUT2D eigenvalue weighted by molar-refractivity contribution is 0.112. The van der Waals surface area contributed by atoms with E-state index in [0.717, 1.165) is 36.3 Å². The summed E-state index contributed by atoms with van der Waals surface area (Å²) in [5.74, 6) is 0.871. The van der Waals surface area contributed by atoms with Gasteiger partial charge in [0.1, 0.15) is 12.1 Å². The van der Waals surface area contributed by atoms with Crippen LogP contribution in [0.2, 0.25) is 0 Å². The minimum atomic E-state index is -0.265. The Bertz CT molecular complexity index is 627. The Morgan fingerprint density at radius 3 is 2.85 bits per heavy atom. The molecule has 1 aromatic heterocycles. The number of nitrogens with zero attached hydrogens (tertiary/aromatic N) is 2. The summed E-state index contributed by atoms with van der Waals surface area (Å²) >= 11 is 0. The summed E-state index contributed by atoms with van der Waals surface area (Å²) in [6.45, 7) is 1.46. The van der Waals surface area contributed by atoms with Crippen molar-refractivity contribution in [1.29, 1.82) is 0 Å². The molecule has 1 unspecified atom stereocenters. The zero-order chi connectivity index (χ0) is 13.9. The van der Waals surface area contributed by atoms with Crippen LogP contribution in [0.4, 0.5) is 5.82 Å². The average molecular weight is 268 g/mol. The summed E-state index contributed by atoms with van der Waals surface area (Å²) in [6, 6.07) is 13.2. The summed E-state index contributed by atoms with van der Waals surface area (Å²) in [5, 5.41) is 9.61. The van der Waals surface area contributed by atoms with Crippen LogP contribution in [-0.2, 0) is 0 Å². The first kappa shape index (κ1) is 12.8. The summed E-state index contributed by atoms with van der Waals surface area (Å²) in [6.07, 6.45) is 1.36. The highest BCUT2D eigenvalue weighted by atomic mass is 16.3. The van der Waals surface area contributed by atoms with Crippen LogP contribution >= 0.6 is 0 Å². The molecule has 0 bridgehead atoms. The van der Waals surface area contributed by atoms with Gasteiger partial charge in [0.15, 0.2) is 0 Å². The largest absolute Gasteiger partial charge is 0.391 e. The third-order valence-electron chi connectivity index (χ3n) is 3.54. The van der Waals surface area contributed by atoms with E-state index in [9.17, 15) is 9.90 Å². The Balaban J connectivity index is 1.92. The number of aldehydes is 1. The molecule has 1 aliphatic heterocycles. The van der Waals surface area contributed by atoms with E-state index < -0.39 is 0 Å². The molecule has 1 fully saturated rings. The van der Waals surface area contributed by atoms with Crippen LogP contribution in [0.1, 0.15) is 16.8 Å². The molecule has 1 aromatic carbocycles. The number of anilines is 1. The number of aliphatic hydroxyl groups is 1. The summed E-state index contributed by atoms with van der Waals surface area (Å²) in [7, 11) is 0. The van der Waals surface area contributed by atoms with Crippen molar-refractivity contribution in [3.63, 3.8) is 0 Å². The number of β-amino-alcohol motifs (C(OH)–C–C–N with tert-alkyl or cyclic N) is 1. The van der Waals surface area contributed by atoms with Crippen molar-refractivity contribution in [2.24, 2.45) is 0 Å². The Kier molecular flexibility index (Phi) is 3.48. The van der Waals surface area contributed by atoms with Crippen molar-refractivity contribution in [3.8, 4) is 11.3 Å². The van der Waals surface area contributed by atoms with Gasteiger partial charge in [-0.05, 0) is 24.6 Å². The zero-order valence-electron chi connectivity index (χ0n) is 11.1. The third kappa shape index (κ3) is 2.56. The van der Waals surface area contributed by atoms with E-state index >= 15 is 0 Å². The maximum Gasteiger partial charge on any atom is 0.150 e. The van der Waals surface area contributed by atoms with Crippen molar-refractivity contribution in [2.45, 2.75) is 12.5 Å². The quantitative estimate of drug-likeness (QED) is 0.866. The van der Waals surface area contributed by atoms with Crippen LogP contribution in [-0.4, -0.2) is 35.6 Å². The van der Waals surface area contributed by atoms with Gasteiger partial charge in [0.05, 0.1) is 11.8 Å². The number of carbonyl (C=O) groups is 1. The van der Waals surface area contributed by atoms with Gasteiger partial charge in [0, 0.05) is 24.2 Å². The Morgan fingerprint density at radius 2 is 2.10 bits per heavy atom. The molecular formula is C16H16N2O2. The number of aliphatic hydroxyl groups excluding tert-OH is 1. The lowest BCUT2D eigenvalue weighted by atomic mass is 10.1. The van der Waals surface area contributed by atoms with Gasteiger partial charge in [-0.2, -0.15) is 0 Å². The minimum absolute atomic E-state index is 0.265. The lowest BCUT2D eigenvalue weighted by Crippen LogP contribution is -2.22. The molecule has 2 heterocycles. The molecule has 4 nitrogen and oxygen atoms in total. The molecule has 0 spiro atoms. The van der Waals surface area contributed by atoms with Gasteiger partial charge < -0.3 is 10.0 Å². The van der Waals surface area contributed by atoms with Crippen molar-refractivity contribution in [2.75, 3.05) is 18.0 Å². The first-order valence-electron chi connectivity index (χ1n) is 6.72. The number of benzene rings is 1. The summed E-state index contributed by atoms with van der Waals surface area (Å²) in [5.41, 5.74) is 2.41. The van der Waals surface area contributed by atoms with Crippen molar-refractivity contribution in [1.82, 2.24) is 4.98 Å². The van der Waals surface area contributed by atoms with E-state index in [2.05, 4.69) is 9.88 Å². The van der Waals surface area contributed by atoms with Gasteiger partial charge in [-0.1, -0.05) is 24.3 Å². The molecule has 1 saturated heterocycles. The molecule has 4 heteroatoms. The fourth-order valence-electron chi connectivity index (χ4n) is 2.48. The number of rotatable bonds is 3. The molecule has 1 aliphatic rings. The standard InChI is InChI=1S/C16H16N2O2/c19-11-12-3-1-4-13(9-12)15-5-2-6-16(17-15)18-8-7-14(20)10-18/h1-6,9,11,14,20H,7-8,10H2. The molecule has 0 aliphatic carbocycles. The molecule has 0 amide bonds. The Morgan fingerprint density at radius 1 is 1.25 bits per heavy atom. The lowest BCUT2D eigenvalue weighted by Gasteiger charge is -2.17. The van der Waals surface area contributed by atoms with Gasteiger partial charge in [0.25, 0.3) is 0 Å². The average Bonchev–Trinajstić information content (AvgIpc) is 2.94. The topological polar surface area (TPSA) is 53.4 Å². The molecule has 1 atom stereocenters. The maximum absolute atomic E-state index is 10.8. The van der Waals surface area contributed by atoms with Gasteiger partial charge in [-0.25, -0.2) is 4.98 Å². The predicted molar refractivity (Wildman–Crippen MR) is 77.9 cm³/mol. The van der Waals surface area contributed by atoms with Crippen LogP contribution in [0.15, 0.2) is 42.5 Å². The van der Waals surface area contributed by atoms with Gasteiger partial charge in [-0.15, -0.1) is 0 Å². The molecular weight excluding hydrogens is 252 g/mol. The zero-order valence-corrected chi connectivity index (χ0v) is 11.1. The van der Waals surface area contributed by atoms with E-state index in [1.807, 2.05) is 36.4 Å². The van der Waals surface area contributed by atoms with Crippen molar-refractivity contribution in [3.05, 3.63) is 48.0 Å². The van der Waals surface area contributed by atoms with E-state index in [1.54, 1.807) is 6.07 Å². The van der Waals surface area contributed by atoms with Gasteiger partial charge >= 0.3 is 0 Å². The monoisotopic (exact) mass is 268 g/mol. The molecule has 0 saturated carbocycles. The first-order valence-corrected chi connectivity index (χ1v) is 6.72. The van der Waals surface area contributed by atoms with Crippen molar-refractivity contribution < 1.29 is 9.90 Å². The number of aromatic nitrogens is 1. The normalized spacial score (nSPS) is 18.2. The predicted octanol–water partition coefficient (Wildman–Crippen LogP) is 2.13. The number of hydrogen-bond donors (Lipinski definition) is 1. The van der Waals surface area contributed by atoms with Crippen LogP contribution in [0, 0.1) is 0 Å². The summed E-state index contributed by atoms with van der Waals surface area (Å²) in [4.78, 5) is 17.6. The second-order valence-electron chi connectivity index (χ2n) is 5.01. The molecule has 1 N–H and O–H groups in total. The van der Waals surface area contributed by atoms with Crippen LogP contribution in [0.25, 0.3) is 11.3 Å². The minimum Gasteiger partial charge on any atom is -0.391 e. The van der Waals surface area contributed by atoms with Gasteiger partial charge in [-0.3, -0.25) is 4.79 Å².